The molecule has 1 fully saturated rings. The normalized spacial score (nSPS) is 16.1. The molecule has 0 radical (unpaired) electrons. The van der Waals surface area contributed by atoms with Crippen LogP contribution in [0.3, 0.4) is 0 Å². The molecule has 1 aliphatic carbocycles. The summed E-state index contributed by atoms with van der Waals surface area (Å²) in [5.41, 5.74) is 1.92. The summed E-state index contributed by atoms with van der Waals surface area (Å²) in [5, 5.41) is 7.30. The molecule has 23 heavy (non-hydrogen) atoms. The molecule has 1 saturated carbocycles. The smallest absolute Gasteiger partial charge is 0.317 e. The Morgan fingerprint density at radius 1 is 1.39 bits per heavy atom. The van der Waals surface area contributed by atoms with Crippen LogP contribution in [0.1, 0.15) is 30.5 Å². The Morgan fingerprint density at radius 3 is 2.52 bits per heavy atom. The van der Waals surface area contributed by atoms with E-state index in [4.69, 9.17) is 4.74 Å². The molecule has 0 aliphatic heterocycles. The van der Waals surface area contributed by atoms with Gasteiger partial charge >= 0.3 is 6.03 Å². The monoisotopic (exact) mass is 323 g/mol. The van der Waals surface area contributed by atoms with Gasteiger partial charge in [0.05, 0.1) is 24.9 Å². The van der Waals surface area contributed by atoms with Gasteiger partial charge in [0.2, 0.25) is 5.88 Å². The minimum absolute atomic E-state index is 0.0663. The standard InChI is InChI=1S/C16H29N5O2/c1-12-13(14(23-6)21(5)18-12)10-17-15(22)20(4)11-16(19(2)3)8-7-9-16/h7-11H2,1-6H3,(H,17,22). The van der Waals surface area contributed by atoms with Gasteiger partial charge in [-0.1, -0.05) is 0 Å². The number of methoxy groups -OCH3 is 1. The number of urea groups is 1. The van der Waals surface area contributed by atoms with Crippen molar-refractivity contribution in [2.45, 2.75) is 38.3 Å². The summed E-state index contributed by atoms with van der Waals surface area (Å²) in [7, 11) is 9.49. The number of nitrogens with zero attached hydrogens (tertiary/aromatic N) is 4. The maximum Gasteiger partial charge on any atom is 0.317 e. The lowest BCUT2D eigenvalue weighted by Gasteiger charge is -2.49. The quantitative estimate of drug-likeness (QED) is 0.859. The minimum atomic E-state index is -0.0663. The number of hydrogen-bond acceptors (Lipinski definition) is 4. The molecule has 0 spiro atoms. The Labute approximate surface area is 138 Å². The van der Waals surface area contributed by atoms with Crippen molar-refractivity contribution >= 4 is 6.03 Å². The number of ether oxygens (including phenoxy) is 1. The van der Waals surface area contributed by atoms with Crippen LogP contribution in [-0.2, 0) is 13.6 Å². The van der Waals surface area contributed by atoms with Crippen molar-refractivity contribution in [3.8, 4) is 5.88 Å². The lowest BCUT2D eigenvalue weighted by molar-refractivity contribution is 0.0363. The highest BCUT2D eigenvalue weighted by molar-refractivity contribution is 5.74. The number of hydrogen-bond donors (Lipinski definition) is 1. The van der Waals surface area contributed by atoms with E-state index in [1.165, 1.54) is 6.42 Å². The number of nitrogens with one attached hydrogen (secondary N) is 1. The van der Waals surface area contributed by atoms with E-state index >= 15 is 0 Å². The van der Waals surface area contributed by atoms with Crippen molar-refractivity contribution in [2.24, 2.45) is 7.05 Å². The highest BCUT2D eigenvalue weighted by atomic mass is 16.5. The molecule has 1 heterocycles. The number of rotatable bonds is 6. The van der Waals surface area contributed by atoms with Crippen molar-refractivity contribution in [3.63, 3.8) is 0 Å². The number of aromatic nitrogens is 2. The summed E-state index contributed by atoms with van der Waals surface area (Å²) >= 11 is 0. The van der Waals surface area contributed by atoms with Crippen molar-refractivity contribution in [2.75, 3.05) is 34.8 Å². The SMILES string of the molecule is COc1c(CNC(=O)N(C)CC2(N(C)C)CCC2)c(C)nn1C. The van der Waals surface area contributed by atoms with Gasteiger partial charge < -0.3 is 19.9 Å². The highest BCUT2D eigenvalue weighted by Crippen LogP contribution is 2.36. The molecule has 7 nitrogen and oxygen atoms in total. The van der Waals surface area contributed by atoms with E-state index in [0.29, 0.717) is 12.4 Å². The molecular weight excluding hydrogens is 294 g/mol. The second-order valence-electron chi connectivity index (χ2n) is 6.68. The first-order valence-corrected chi connectivity index (χ1v) is 8.03. The Balaban J connectivity index is 1.94. The molecule has 1 N–H and O–H groups in total. The summed E-state index contributed by atoms with van der Waals surface area (Å²) in [6.07, 6.45) is 3.53. The van der Waals surface area contributed by atoms with Crippen molar-refractivity contribution in [3.05, 3.63) is 11.3 Å². The molecule has 0 unspecified atom stereocenters. The number of aryl methyl sites for hydroxylation is 2. The zero-order valence-electron chi connectivity index (χ0n) is 15.1. The number of carbonyl (C=O) groups is 1. The van der Waals surface area contributed by atoms with Crippen LogP contribution >= 0.6 is 0 Å². The maximum atomic E-state index is 12.4. The van der Waals surface area contributed by atoms with Gasteiger partial charge in [0.25, 0.3) is 0 Å². The molecule has 0 bridgehead atoms. The molecule has 130 valence electrons. The van der Waals surface area contributed by atoms with E-state index in [0.717, 1.165) is 30.6 Å². The van der Waals surface area contributed by atoms with Gasteiger partial charge in [-0.15, -0.1) is 0 Å². The van der Waals surface area contributed by atoms with E-state index in [1.807, 2.05) is 21.0 Å². The number of likely N-dealkylation sites (N-methyl/N-ethyl adjacent to an activating group) is 2. The van der Waals surface area contributed by atoms with Crippen molar-refractivity contribution in [1.82, 2.24) is 24.9 Å². The summed E-state index contributed by atoms with van der Waals surface area (Å²) < 4.78 is 7.05. The molecule has 1 aliphatic rings. The van der Waals surface area contributed by atoms with E-state index in [9.17, 15) is 4.79 Å². The van der Waals surface area contributed by atoms with E-state index in [2.05, 4.69) is 29.4 Å². The lowest BCUT2D eigenvalue weighted by atomic mass is 9.75. The molecular formula is C16H29N5O2. The number of amides is 2. The fourth-order valence-corrected chi connectivity index (χ4v) is 3.28. The third-order valence-electron chi connectivity index (χ3n) is 5.01. The summed E-state index contributed by atoms with van der Waals surface area (Å²) in [6, 6.07) is -0.0663. The Kier molecular flexibility index (Phi) is 5.19. The Hall–Kier alpha value is -1.76. The predicted octanol–water partition coefficient (Wildman–Crippen LogP) is 1.36. The van der Waals surface area contributed by atoms with Crippen LogP contribution in [-0.4, -0.2) is 65.9 Å². The zero-order chi connectivity index (χ0) is 17.2. The van der Waals surface area contributed by atoms with Crippen LogP contribution in [0.2, 0.25) is 0 Å². The van der Waals surface area contributed by atoms with Crippen LogP contribution in [0, 0.1) is 6.92 Å². The molecule has 7 heteroatoms. The van der Waals surface area contributed by atoms with Gasteiger partial charge in [-0.05, 0) is 40.3 Å². The average molecular weight is 323 g/mol. The van der Waals surface area contributed by atoms with E-state index < -0.39 is 0 Å². The van der Waals surface area contributed by atoms with Crippen LogP contribution in [0.5, 0.6) is 5.88 Å². The third kappa shape index (κ3) is 3.44. The first-order chi connectivity index (χ1) is 10.8. The fraction of sp³-hybridized carbons (Fsp3) is 0.750. The molecule has 1 aromatic rings. The van der Waals surface area contributed by atoms with Crippen LogP contribution in [0.4, 0.5) is 4.79 Å². The lowest BCUT2D eigenvalue weighted by Crippen LogP contribution is -2.58. The van der Waals surface area contributed by atoms with Crippen LogP contribution in [0.15, 0.2) is 0 Å². The summed E-state index contributed by atoms with van der Waals surface area (Å²) in [4.78, 5) is 16.4. The Morgan fingerprint density at radius 2 is 2.04 bits per heavy atom. The van der Waals surface area contributed by atoms with Crippen molar-refractivity contribution in [1.29, 1.82) is 0 Å². The number of carbonyl (C=O) groups excluding carboxylic acids is 1. The molecule has 2 rings (SSSR count). The average Bonchev–Trinajstić information content (AvgIpc) is 2.72. The molecule has 0 saturated heterocycles. The van der Waals surface area contributed by atoms with Gasteiger partial charge in [-0.3, -0.25) is 0 Å². The van der Waals surface area contributed by atoms with Crippen LogP contribution < -0.4 is 10.1 Å². The van der Waals surface area contributed by atoms with Gasteiger partial charge in [0, 0.05) is 26.2 Å². The second-order valence-corrected chi connectivity index (χ2v) is 6.68. The molecule has 1 aromatic heterocycles. The topological polar surface area (TPSA) is 62.6 Å². The highest BCUT2D eigenvalue weighted by Gasteiger charge is 2.40. The summed E-state index contributed by atoms with van der Waals surface area (Å²) in [5.74, 6) is 0.689. The first-order valence-electron chi connectivity index (χ1n) is 8.03. The minimum Gasteiger partial charge on any atom is -0.481 e. The molecule has 0 atom stereocenters. The molecule has 0 aromatic carbocycles. The Bertz CT molecular complexity index is 563. The van der Waals surface area contributed by atoms with Crippen molar-refractivity contribution < 1.29 is 9.53 Å². The second kappa shape index (κ2) is 6.78. The maximum absolute atomic E-state index is 12.4. The van der Waals surface area contributed by atoms with Crippen LogP contribution in [0.25, 0.3) is 0 Å². The van der Waals surface area contributed by atoms with Gasteiger partial charge in [-0.25, -0.2) is 9.48 Å². The van der Waals surface area contributed by atoms with E-state index in [-0.39, 0.29) is 11.6 Å². The third-order valence-corrected chi connectivity index (χ3v) is 5.01. The zero-order valence-corrected chi connectivity index (χ0v) is 15.1. The molecule has 2 amide bonds. The summed E-state index contributed by atoms with van der Waals surface area (Å²) in [6.45, 7) is 3.08. The van der Waals surface area contributed by atoms with Gasteiger partial charge in [-0.2, -0.15) is 5.10 Å². The largest absolute Gasteiger partial charge is 0.481 e. The first kappa shape index (κ1) is 17.6. The predicted molar refractivity (Wildman–Crippen MR) is 89.6 cm³/mol. The van der Waals surface area contributed by atoms with Gasteiger partial charge in [0.15, 0.2) is 0 Å². The fourth-order valence-electron chi connectivity index (χ4n) is 3.28. The van der Waals surface area contributed by atoms with Gasteiger partial charge in [0.1, 0.15) is 0 Å². The van der Waals surface area contributed by atoms with E-state index in [1.54, 1.807) is 16.7 Å².